The summed E-state index contributed by atoms with van der Waals surface area (Å²) in [5.74, 6) is 0.762. The van der Waals surface area contributed by atoms with Crippen molar-refractivity contribution in [2.75, 3.05) is 26.8 Å². The van der Waals surface area contributed by atoms with Crippen molar-refractivity contribution in [1.82, 2.24) is 9.88 Å². The maximum atomic E-state index is 5.43. The van der Waals surface area contributed by atoms with Gasteiger partial charge in [-0.05, 0) is 56.1 Å². The van der Waals surface area contributed by atoms with Crippen molar-refractivity contribution in [3.63, 3.8) is 0 Å². The number of benzene rings is 1. The molecule has 3 rings (SSSR count). The summed E-state index contributed by atoms with van der Waals surface area (Å²) in [5.41, 5.74) is 2.43. The van der Waals surface area contributed by atoms with E-state index in [9.17, 15) is 0 Å². The summed E-state index contributed by atoms with van der Waals surface area (Å²) in [7, 11) is 2.20. The molecule has 1 fully saturated rings. The highest BCUT2D eigenvalue weighted by atomic mass is 16.5. The molecule has 0 radical (unpaired) electrons. The van der Waals surface area contributed by atoms with Gasteiger partial charge in [0.25, 0.3) is 0 Å². The lowest BCUT2D eigenvalue weighted by atomic mass is 10.0. The molecule has 1 saturated heterocycles. The maximum Gasteiger partial charge on any atom is 0.0702 e. The van der Waals surface area contributed by atoms with Crippen LogP contribution >= 0.6 is 0 Å². The van der Waals surface area contributed by atoms with Gasteiger partial charge in [0.2, 0.25) is 0 Å². The highest BCUT2D eigenvalue weighted by Gasteiger charge is 2.15. The van der Waals surface area contributed by atoms with Gasteiger partial charge in [-0.15, -0.1) is 0 Å². The molecular weight excluding hydrogens is 248 g/mol. The predicted octanol–water partition coefficient (Wildman–Crippen LogP) is 3.09. The second-order valence-electron chi connectivity index (χ2n) is 5.79. The van der Waals surface area contributed by atoms with Crippen LogP contribution in [0, 0.1) is 5.92 Å². The average Bonchev–Trinajstić information content (AvgIpc) is 2.98. The fraction of sp³-hybridized carbons (Fsp3) is 0.471. The van der Waals surface area contributed by atoms with E-state index in [1.54, 1.807) is 0 Å². The van der Waals surface area contributed by atoms with Crippen LogP contribution in [0.5, 0.6) is 0 Å². The molecule has 2 heterocycles. The Morgan fingerprint density at radius 3 is 3.15 bits per heavy atom. The molecule has 1 aromatic heterocycles. The van der Waals surface area contributed by atoms with Crippen LogP contribution in [0.4, 0.5) is 0 Å². The largest absolute Gasteiger partial charge is 0.381 e. The molecule has 1 aliphatic rings. The van der Waals surface area contributed by atoms with E-state index in [0.717, 1.165) is 37.7 Å². The Balaban J connectivity index is 1.57. The first kappa shape index (κ1) is 13.5. The summed E-state index contributed by atoms with van der Waals surface area (Å²) < 4.78 is 5.43. The number of pyridine rings is 1. The first-order chi connectivity index (χ1) is 9.81. The zero-order valence-corrected chi connectivity index (χ0v) is 12.1. The molecule has 3 heteroatoms. The third kappa shape index (κ3) is 3.35. The summed E-state index contributed by atoms with van der Waals surface area (Å²) in [6.07, 6.45) is 4.32. The van der Waals surface area contributed by atoms with Crippen LogP contribution in [-0.2, 0) is 11.3 Å². The van der Waals surface area contributed by atoms with Gasteiger partial charge in [-0.1, -0.05) is 12.1 Å². The molecule has 1 unspecified atom stereocenters. The number of nitrogens with zero attached hydrogens (tertiary/aromatic N) is 2. The standard InChI is InChI=1S/C17H22N2O/c1-19(9-6-14-7-10-20-13-14)12-15-4-5-17-16(11-15)3-2-8-18-17/h2-5,8,11,14H,6-7,9-10,12-13H2,1H3. The molecule has 0 bridgehead atoms. The van der Waals surface area contributed by atoms with Gasteiger partial charge in [0.1, 0.15) is 0 Å². The van der Waals surface area contributed by atoms with E-state index >= 15 is 0 Å². The van der Waals surface area contributed by atoms with E-state index < -0.39 is 0 Å². The van der Waals surface area contributed by atoms with E-state index in [0.29, 0.717) is 0 Å². The number of aromatic nitrogens is 1. The van der Waals surface area contributed by atoms with E-state index in [1.165, 1.54) is 23.8 Å². The van der Waals surface area contributed by atoms with Gasteiger partial charge in [0.05, 0.1) is 5.52 Å². The first-order valence-corrected chi connectivity index (χ1v) is 7.41. The average molecular weight is 270 g/mol. The fourth-order valence-corrected chi connectivity index (χ4v) is 2.83. The Morgan fingerprint density at radius 1 is 1.35 bits per heavy atom. The van der Waals surface area contributed by atoms with Crippen molar-refractivity contribution < 1.29 is 4.74 Å². The minimum atomic E-state index is 0.762. The topological polar surface area (TPSA) is 25.4 Å². The van der Waals surface area contributed by atoms with Crippen molar-refractivity contribution in [2.45, 2.75) is 19.4 Å². The zero-order chi connectivity index (χ0) is 13.8. The minimum Gasteiger partial charge on any atom is -0.381 e. The lowest BCUT2D eigenvalue weighted by Crippen LogP contribution is -2.21. The van der Waals surface area contributed by atoms with E-state index in [4.69, 9.17) is 4.74 Å². The van der Waals surface area contributed by atoms with E-state index in [1.807, 2.05) is 12.3 Å². The summed E-state index contributed by atoms with van der Waals surface area (Å²) >= 11 is 0. The second-order valence-corrected chi connectivity index (χ2v) is 5.79. The van der Waals surface area contributed by atoms with Gasteiger partial charge in [0, 0.05) is 31.3 Å². The maximum absolute atomic E-state index is 5.43. The van der Waals surface area contributed by atoms with E-state index in [-0.39, 0.29) is 0 Å². The molecule has 106 valence electrons. The normalized spacial score (nSPS) is 19.0. The van der Waals surface area contributed by atoms with Gasteiger partial charge in [-0.2, -0.15) is 0 Å². The molecule has 0 N–H and O–H groups in total. The molecule has 1 atom stereocenters. The molecular formula is C17H22N2O. The summed E-state index contributed by atoms with van der Waals surface area (Å²) in [5, 5.41) is 1.22. The Hall–Kier alpha value is -1.45. The number of rotatable bonds is 5. The Bertz CT molecular complexity index is 564. The van der Waals surface area contributed by atoms with Crippen LogP contribution in [0.2, 0.25) is 0 Å². The van der Waals surface area contributed by atoms with Crippen molar-refractivity contribution in [1.29, 1.82) is 0 Å². The molecule has 3 nitrogen and oxygen atoms in total. The number of ether oxygens (including phenoxy) is 1. The van der Waals surface area contributed by atoms with Gasteiger partial charge < -0.3 is 9.64 Å². The summed E-state index contributed by atoms with van der Waals surface area (Å²) in [6, 6.07) is 10.7. The molecule has 0 aliphatic carbocycles. The Morgan fingerprint density at radius 2 is 2.30 bits per heavy atom. The van der Waals surface area contributed by atoms with Gasteiger partial charge in [-0.3, -0.25) is 4.98 Å². The van der Waals surface area contributed by atoms with Crippen LogP contribution in [0.3, 0.4) is 0 Å². The number of hydrogen-bond acceptors (Lipinski definition) is 3. The second kappa shape index (κ2) is 6.33. The van der Waals surface area contributed by atoms with Crippen LogP contribution in [0.1, 0.15) is 18.4 Å². The van der Waals surface area contributed by atoms with Crippen LogP contribution < -0.4 is 0 Å². The number of fused-ring (bicyclic) bond motifs is 1. The zero-order valence-electron chi connectivity index (χ0n) is 12.1. The monoisotopic (exact) mass is 270 g/mol. The van der Waals surface area contributed by atoms with Crippen molar-refractivity contribution >= 4 is 10.9 Å². The third-order valence-corrected chi connectivity index (χ3v) is 4.06. The molecule has 2 aromatic rings. The molecule has 1 aromatic carbocycles. The lowest BCUT2D eigenvalue weighted by Gasteiger charge is -2.18. The number of hydrogen-bond donors (Lipinski definition) is 0. The van der Waals surface area contributed by atoms with Crippen LogP contribution in [0.15, 0.2) is 36.5 Å². The van der Waals surface area contributed by atoms with Crippen LogP contribution in [-0.4, -0.2) is 36.7 Å². The highest BCUT2D eigenvalue weighted by Crippen LogP contribution is 2.18. The first-order valence-electron chi connectivity index (χ1n) is 7.41. The highest BCUT2D eigenvalue weighted by molar-refractivity contribution is 5.78. The molecule has 0 saturated carbocycles. The molecule has 0 amide bonds. The lowest BCUT2D eigenvalue weighted by molar-refractivity contribution is 0.180. The Kier molecular flexibility index (Phi) is 4.28. The quantitative estimate of drug-likeness (QED) is 0.835. The van der Waals surface area contributed by atoms with Crippen LogP contribution in [0.25, 0.3) is 10.9 Å². The minimum absolute atomic E-state index is 0.762. The van der Waals surface area contributed by atoms with E-state index in [2.05, 4.69) is 41.2 Å². The SMILES string of the molecule is CN(CCC1CCOC1)Cc1ccc2ncccc2c1. The summed E-state index contributed by atoms with van der Waals surface area (Å²) in [4.78, 5) is 6.76. The smallest absolute Gasteiger partial charge is 0.0702 e. The van der Waals surface area contributed by atoms with Crippen molar-refractivity contribution in [3.8, 4) is 0 Å². The van der Waals surface area contributed by atoms with Crippen molar-refractivity contribution in [3.05, 3.63) is 42.1 Å². The van der Waals surface area contributed by atoms with Gasteiger partial charge >= 0.3 is 0 Å². The molecule has 20 heavy (non-hydrogen) atoms. The summed E-state index contributed by atoms with van der Waals surface area (Å²) in [6.45, 7) is 4.04. The molecule has 0 spiro atoms. The third-order valence-electron chi connectivity index (χ3n) is 4.06. The molecule has 1 aliphatic heterocycles. The van der Waals surface area contributed by atoms with Gasteiger partial charge in [0.15, 0.2) is 0 Å². The Labute approximate surface area is 120 Å². The van der Waals surface area contributed by atoms with Gasteiger partial charge in [-0.25, -0.2) is 0 Å². The predicted molar refractivity (Wildman–Crippen MR) is 81.6 cm³/mol. The van der Waals surface area contributed by atoms with Crippen molar-refractivity contribution in [2.24, 2.45) is 5.92 Å². The fourth-order valence-electron chi connectivity index (χ4n) is 2.83.